The zero-order chi connectivity index (χ0) is 32.5. The van der Waals surface area contributed by atoms with Crippen LogP contribution in [0.3, 0.4) is 0 Å². The molecular weight excluding hydrogens is 621 g/mol. The van der Waals surface area contributed by atoms with Gasteiger partial charge in [0.2, 0.25) is 0 Å². The number of thiazole rings is 2. The van der Waals surface area contributed by atoms with Crippen molar-refractivity contribution < 1.29 is 19.1 Å². The molecule has 0 aromatic carbocycles. The number of hydrogen-bond acceptors (Lipinski definition) is 10. The molecule has 0 aliphatic carbocycles. The van der Waals surface area contributed by atoms with E-state index in [2.05, 4.69) is 34.1 Å². The third-order valence-corrected chi connectivity index (χ3v) is 10.2. The molecule has 10 nitrogen and oxygen atoms in total. The standard InChI is InChI=1S/C17H23N3O2S.C17H21N3O2S/c2*1-3-13-9-15(16(21)22-2)20(10-13)11-14-12-23-17(18-14)19-7-5-4-6-8-19/h9-10,12H,3-8,11H2,1-2H3;3,9-10,12H,1,4-8,11H2,2H3. The van der Waals surface area contributed by atoms with Crippen molar-refractivity contribution >= 4 is 51.0 Å². The topological polar surface area (TPSA) is 94.7 Å². The van der Waals surface area contributed by atoms with Crippen molar-refractivity contribution in [3.63, 3.8) is 0 Å². The maximum Gasteiger partial charge on any atom is 0.354 e. The lowest BCUT2D eigenvalue weighted by atomic mass is 10.1. The fraction of sp³-hybridized carbons (Fsp3) is 0.471. The Bertz CT molecular complexity index is 1610. The third kappa shape index (κ3) is 8.27. The normalized spacial score (nSPS) is 14.8. The molecule has 0 spiro atoms. The number of carbonyl (C=O) groups is 2. The van der Waals surface area contributed by atoms with E-state index in [4.69, 9.17) is 19.4 Å². The van der Waals surface area contributed by atoms with E-state index >= 15 is 0 Å². The van der Waals surface area contributed by atoms with Gasteiger partial charge in [-0.3, -0.25) is 0 Å². The zero-order valence-corrected chi connectivity index (χ0v) is 28.7. The Morgan fingerprint density at radius 3 is 1.72 bits per heavy atom. The monoisotopic (exact) mass is 664 g/mol. The van der Waals surface area contributed by atoms with E-state index in [9.17, 15) is 9.59 Å². The molecular formula is C34H44N6O4S2. The average molecular weight is 665 g/mol. The second-order valence-corrected chi connectivity index (χ2v) is 13.2. The van der Waals surface area contributed by atoms with Crippen LogP contribution in [0.5, 0.6) is 0 Å². The number of ether oxygens (including phenoxy) is 2. The Kier molecular flexibility index (Phi) is 11.7. The molecule has 0 unspecified atom stereocenters. The summed E-state index contributed by atoms with van der Waals surface area (Å²) < 4.78 is 13.6. The highest BCUT2D eigenvalue weighted by Gasteiger charge is 2.19. The summed E-state index contributed by atoms with van der Waals surface area (Å²) in [6, 6.07) is 3.69. The summed E-state index contributed by atoms with van der Waals surface area (Å²) in [5.74, 6) is -0.638. The lowest BCUT2D eigenvalue weighted by Crippen LogP contribution is -2.29. The van der Waals surface area contributed by atoms with Crippen LogP contribution in [0.2, 0.25) is 0 Å². The molecule has 2 saturated heterocycles. The largest absolute Gasteiger partial charge is 0.464 e. The highest BCUT2D eigenvalue weighted by Crippen LogP contribution is 2.26. The molecule has 2 fully saturated rings. The van der Waals surface area contributed by atoms with Crippen LogP contribution in [-0.4, -0.2) is 71.4 Å². The first-order chi connectivity index (χ1) is 22.4. The van der Waals surface area contributed by atoms with Crippen molar-refractivity contribution in [1.29, 1.82) is 0 Å². The first-order valence-electron chi connectivity index (χ1n) is 16.0. The average Bonchev–Trinajstić information content (AvgIpc) is 3.92. The second kappa shape index (κ2) is 16.1. The van der Waals surface area contributed by atoms with E-state index in [1.54, 1.807) is 34.8 Å². The highest BCUT2D eigenvalue weighted by molar-refractivity contribution is 7.14. The maximum absolute atomic E-state index is 11.9. The van der Waals surface area contributed by atoms with Gasteiger partial charge in [0.25, 0.3) is 0 Å². The molecule has 6 heterocycles. The number of carbonyl (C=O) groups excluding carboxylic acids is 2. The van der Waals surface area contributed by atoms with Gasteiger partial charge in [-0.15, -0.1) is 22.7 Å². The van der Waals surface area contributed by atoms with Crippen molar-refractivity contribution in [1.82, 2.24) is 19.1 Å². The summed E-state index contributed by atoms with van der Waals surface area (Å²) in [6.45, 7) is 11.4. The number of hydrogen-bond donors (Lipinski definition) is 0. The van der Waals surface area contributed by atoms with Gasteiger partial charge in [-0.2, -0.15) is 0 Å². The van der Waals surface area contributed by atoms with Crippen LogP contribution in [0.1, 0.15) is 88.9 Å². The predicted octanol–water partition coefficient (Wildman–Crippen LogP) is 6.75. The number of aryl methyl sites for hydroxylation is 1. The number of methoxy groups -OCH3 is 2. The molecule has 0 atom stereocenters. The van der Waals surface area contributed by atoms with Crippen LogP contribution in [0.15, 0.2) is 41.9 Å². The van der Waals surface area contributed by atoms with Crippen LogP contribution < -0.4 is 9.80 Å². The summed E-state index contributed by atoms with van der Waals surface area (Å²) >= 11 is 3.37. The minimum Gasteiger partial charge on any atom is -0.464 e. The van der Waals surface area contributed by atoms with E-state index in [0.717, 1.165) is 65.4 Å². The van der Waals surface area contributed by atoms with Gasteiger partial charge >= 0.3 is 11.9 Å². The Morgan fingerprint density at radius 1 is 0.783 bits per heavy atom. The second-order valence-electron chi connectivity index (χ2n) is 11.5. The van der Waals surface area contributed by atoms with Gasteiger partial charge in [0.05, 0.1) is 38.7 Å². The number of nitrogens with zero attached hydrogens (tertiary/aromatic N) is 6. The van der Waals surface area contributed by atoms with E-state index in [-0.39, 0.29) is 11.9 Å². The van der Waals surface area contributed by atoms with Crippen LogP contribution >= 0.6 is 22.7 Å². The summed E-state index contributed by atoms with van der Waals surface area (Å²) in [7, 11) is 2.81. The molecule has 2 aliphatic heterocycles. The van der Waals surface area contributed by atoms with Crippen molar-refractivity contribution in [2.75, 3.05) is 50.2 Å². The van der Waals surface area contributed by atoms with E-state index in [0.29, 0.717) is 24.5 Å². The number of esters is 2. The molecule has 2 aliphatic rings. The molecule has 4 aromatic heterocycles. The molecule has 246 valence electrons. The smallest absolute Gasteiger partial charge is 0.354 e. The SMILES string of the molecule is C=Cc1cc(C(=O)OC)n(Cc2csc(N3CCCCC3)n2)c1.CCc1cc(C(=O)OC)n(Cc2csc(N3CCCCC3)n2)c1. The van der Waals surface area contributed by atoms with E-state index < -0.39 is 0 Å². The van der Waals surface area contributed by atoms with E-state index in [1.807, 2.05) is 27.6 Å². The maximum atomic E-state index is 11.9. The Morgan fingerprint density at radius 2 is 1.26 bits per heavy atom. The lowest BCUT2D eigenvalue weighted by Gasteiger charge is -2.25. The van der Waals surface area contributed by atoms with Crippen LogP contribution in [-0.2, 0) is 29.0 Å². The molecule has 46 heavy (non-hydrogen) atoms. The molecule has 0 radical (unpaired) electrons. The van der Waals surface area contributed by atoms with Gasteiger partial charge in [-0.25, -0.2) is 19.6 Å². The van der Waals surface area contributed by atoms with Gasteiger partial charge in [0, 0.05) is 49.3 Å². The van der Waals surface area contributed by atoms with Gasteiger partial charge < -0.3 is 28.4 Å². The molecule has 0 saturated carbocycles. The first kappa shape index (κ1) is 33.5. The lowest BCUT2D eigenvalue weighted by molar-refractivity contribution is 0.0580. The first-order valence-corrected chi connectivity index (χ1v) is 17.7. The zero-order valence-electron chi connectivity index (χ0n) is 27.1. The molecule has 6 rings (SSSR count). The summed E-state index contributed by atoms with van der Waals surface area (Å²) in [4.78, 5) is 38.1. The minimum absolute atomic E-state index is 0.295. The quantitative estimate of drug-likeness (QED) is 0.172. The molecule has 0 bridgehead atoms. The molecule has 12 heteroatoms. The number of anilines is 2. The molecule has 0 amide bonds. The Labute approximate surface area is 279 Å². The molecule has 0 N–H and O–H groups in total. The number of rotatable bonds is 10. The van der Waals surface area contributed by atoms with Gasteiger partial charge in [-0.05, 0) is 68.2 Å². The fourth-order valence-corrected chi connectivity index (χ4v) is 7.51. The number of piperidine rings is 2. The van der Waals surface area contributed by atoms with Crippen molar-refractivity contribution in [3.05, 3.63) is 75.8 Å². The van der Waals surface area contributed by atoms with Gasteiger partial charge in [0.1, 0.15) is 11.4 Å². The van der Waals surface area contributed by atoms with Crippen LogP contribution in [0.25, 0.3) is 6.08 Å². The van der Waals surface area contributed by atoms with Crippen LogP contribution in [0.4, 0.5) is 10.3 Å². The minimum atomic E-state index is -0.343. The fourth-order valence-electron chi connectivity index (χ4n) is 5.77. The van der Waals surface area contributed by atoms with Gasteiger partial charge in [0.15, 0.2) is 10.3 Å². The Hall–Kier alpha value is -3.90. The summed E-state index contributed by atoms with van der Waals surface area (Å²) in [5, 5.41) is 6.34. The predicted molar refractivity (Wildman–Crippen MR) is 186 cm³/mol. The van der Waals surface area contributed by atoms with Crippen molar-refractivity contribution in [2.45, 2.75) is 65.0 Å². The highest BCUT2D eigenvalue weighted by atomic mass is 32.1. The Balaban J connectivity index is 0.000000181. The third-order valence-electron chi connectivity index (χ3n) is 8.30. The summed E-state index contributed by atoms with van der Waals surface area (Å²) in [6.07, 6.45) is 14.1. The molecule has 4 aromatic rings. The van der Waals surface area contributed by atoms with Crippen molar-refractivity contribution in [3.8, 4) is 0 Å². The van der Waals surface area contributed by atoms with E-state index in [1.165, 1.54) is 52.7 Å². The van der Waals surface area contributed by atoms with Gasteiger partial charge in [-0.1, -0.05) is 19.6 Å². The van der Waals surface area contributed by atoms with Crippen molar-refractivity contribution in [2.24, 2.45) is 0 Å². The van der Waals surface area contributed by atoms with Crippen LogP contribution in [0, 0.1) is 0 Å². The number of aromatic nitrogens is 4. The summed E-state index contributed by atoms with van der Waals surface area (Å²) in [5.41, 5.74) is 5.12.